The van der Waals surface area contributed by atoms with Gasteiger partial charge < -0.3 is 0 Å². The maximum absolute atomic E-state index is 10.2. The Morgan fingerprint density at radius 1 is 1.25 bits per heavy atom. The minimum absolute atomic E-state index is 0.164. The van der Waals surface area contributed by atoms with Crippen molar-refractivity contribution in [3.8, 4) is 0 Å². The number of nitrogens with zero attached hydrogens (tertiary/aromatic N) is 4. The first-order valence-corrected chi connectivity index (χ1v) is 3.21. The van der Waals surface area contributed by atoms with Crippen LogP contribution in [0.15, 0.2) is 18.7 Å². The zero-order valence-electron chi connectivity index (χ0n) is 5.93. The van der Waals surface area contributed by atoms with E-state index in [4.69, 9.17) is 0 Å². The van der Waals surface area contributed by atoms with Gasteiger partial charge in [-0.1, -0.05) is 0 Å². The maximum Gasteiger partial charge on any atom is 0.255 e. The topological polar surface area (TPSA) is 68.6 Å². The van der Waals surface area contributed by atoms with Crippen LogP contribution in [0.4, 0.5) is 0 Å². The van der Waals surface area contributed by atoms with Crippen LogP contribution in [-0.4, -0.2) is 26.2 Å². The summed E-state index contributed by atoms with van der Waals surface area (Å²) >= 11 is 0. The molecule has 0 N–H and O–H groups in total. The second-order valence-electron chi connectivity index (χ2n) is 2.09. The fourth-order valence-corrected chi connectivity index (χ4v) is 0.824. The van der Waals surface area contributed by atoms with E-state index < -0.39 is 0 Å². The summed E-state index contributed by atoms with van der Waals surface area (Å²) in [7, 11) is 0. The summed E-state index contributed by atoms with van der Waals surface area (Å²) in [5.74, 6) is 0. The fourth-order valence-electron chi connectivity index (χ4n) is 0.824. The van der Waals surface area contributed by atoms with Gasteiger partial charge in [0.1, 0.15) is 17.5 Å². The molecule has 2 heterocycles. The molecule has 2 rings (SSSR count). The Balaban J connectivity index is 2.75. The Kier molecular flexibility index (Phi) is 1.48. The molecule has 0 amide bonds. The molecular formula is C7H3N4O. The van der Waals surface area contributed by atoms with Gasteiger partial charge in [-0.3, -0.25) is 4.79 Å². The molecule has 5 heteroatoms. The number of carbonyl (C=O) groups excluding carboxylic acids is 1. The summed E-state index contributed by atoms with van der Waals surface area (Å²) in [4.78, 5) is 25.5. The third-order valence-electron chi connectivity index (χ3n) is 1.33. The first kappa shape index (κ1) is 6.78. The first-order valence-electron chi connectivity index (χ1n) is 3.21. The van der Waals surface area contributed by atoms with Crippen LogP contribution >= 0.6 is 0 Å². The molecule has 0 aliphatic carbocycles. The number of hydrogen-bond acceptors (Lipinski definition) is 5. The normalized spacial score (nSPS) is 10.0. The quantitative estimate of drug-likeness (QED) is 0.580. The van der Waals surface area contributed by atoms with E-state index in [1.165, 1.54) is 18.7 Å². The molecule has 0 aromatic carbocycles. The molecule has 0 bridgehead atoms. The lowest BCUT2D eigenvalue weighted by molar-refractivity contribution is 0.561. The van der Waals surface area contributed by atoms with E-state index in [2.05, 4.69) is 19.9 Å². The third-order valence-corrected chi connectivity index (χ3v) is 1.33. The van der Waals surface area contributed by atoms with Gasteiger partial charge in [-0.25, -0.2) is 19.9 Å². The van der Waals surface area contributed by atoms with Gasteiger partial charge in [-0.15, -0.1) is 0 Å². The molecule has 0 spiro atoms. The molecule has 0 atom stereocenters. The van der Waals surface area contributed by atoms with Crippen LogP contribution in [0.5, 0.6) is 0 Å². The minimum atomic E-state index is 0.164. The lowest BCUT2D eigenvalue weighted by Crippen LogP contribution is -1.93. The second-order valence-corrected chi connectivity index (χ2v) is 2.09. The molecular weight excluding hydrogens is 156 g/mol. The lowest BCUT2D eigenvalue weighted by atomic mass is 10.4. The summed E-state index contributed by atoms with van der Waals surface area (Å²) < 4.78 is 0. The van der Waals surface area contributed by atoms with Crippen molar-refractivity contribution < 1.29 is 4.79 Å². The second kappa shape index (κ2) is 2.61. The minimum Gasteiger partial charge on any atom is -0.283 e. The highest BCUT2D eigenvalue weighted by Crippen LogP contribution is 2.01. The number of hydrogen-bond donors (Lipinski definition) is 0. The molecule has 0 fully saturated rings. The van der Waals surface area contributed by atoms with E-state index in [9.17, 15) is 4.79 Å². The van der Waals surface area contributed by atoms with Crippen LogP contribution in [0.25, 0.3) is 11.2 Å². The van der Waals surface area contributed by atoms with Gasteiger partial charge in [0.2, 0.25) is 0 Å². The van der Waals surface area contributed by atoms with Crippen LogP contribution < -0.4 is 0 Å². The van der Waals surface area contributed by atoms with Crippen LogP contribution in [0.3, 0.4) is 0 Å². The van der Waals surface area contributed by atoms with Gasteiger partial charge in [0.25, 0.3) is 6.29 Å². The number of aromatic nitrogens is 4. The van der Waals surface area contributed by atoms with Crippen LogP contribution in [0.1, 0.15) is 5.69 Å². The molecule has 12 heavy (non-hydrogen) atoms. The van der Waals surface area contributed by atoms with Crippen molar-refractivity contribution in [1.82, 2.24) is 19.9 Å². The van der Waals surface area contributed by atoms with Gasteiger partial charge >= 0.3 is 0 Å². The van der Waals surface area contributed by atoms with Crippen LogP contribution in [-0.2, 0) is 4.79 Å². The zero-order valence-corrected chi connectivity index (χ0v) is 5.93. The van der Waals surface area contributed by atoms with Gasteiger partial charge in [0.05, 0.1) is 12.4 Å². The molecule has 0 aliphatic heterocycles. The summed E-state index contributed by atoms with van der Waals surface area (Å²) in [5, 5.41) is 0. The first-order chi connectivity index (χ1) is 5.90. The maximum atomic E-state index is 10.2. The third kappa shape index (κ3) is 1.01. The Labute approximate surface area is 67.5 Å². The molecule has 1 radical (unpaired) electrons. The summed E-state index contributed by atoms with van der Waals surface area (Å²) in [6.07, 6.45) is 5.83. The Morgan fingerprint density at radius 3 is 3.00 bits per heavy atom. The molecule has 5 nitrogen and oxygen atoms in total. The summed E-state index contributed by atoms with van der Waals surface area (Å²) in [6.45, 7) is 0. The van der Waals surface area contributed by atoms with E-state index in [0.717, 1.165) is 0 Å². The molecule has 0 saturated carbocycles. The Morgan fingerprint density at radius 2 is 2.17 bits per heavy atom. The molecule has 0 unspecified atom stereocenters. The van der Waals surface area contributed by atoms with Crippen molar-refractivity contribution in [2.75, 3.05) is 0 Å². The van der Waals surface area contributed by atoms with E-state index in [1.54, 1.807) is 6.29 Å². The highest BCUT2D eigenvalue weighted by atomic mass is 16.1. The average Bonchev–Trinajstić information content (AvgIpc) is 2.17. The Hall–Kier alpha value is -1.91. The van der Waals surface area contributed by atoms with E-state index in [1.807, 2.05) is 0 Å². The highest BCUT2D eigenvalue weighted by Gasteiger charge is 1.98. The van der Waals surface area contributed by atoms with Crippen molar-refractivity contribution in [3.05, 3.63) is 24.4 Å². The molecule has 2 aromatic heterocycles. The van der Waals surface area contributed by atoms with Gasteiger partial charge in [0, 0.05) is 0 Å². The SMILES string of the molecule is O=[C]c1cnc2ncncc2n1. The summed E-state index contributed by atoms with van der Waals surface area (Å²) in [5.41, 5.74) is 1.14. The zero-order chi connectivity index (χ0) is 8.39. The number of rotatable bonds is 1. The monoisotopic (exact) mass is 159 g/mol. The van der Waals surface area contributed by atoms with Crippen molar-refractivity contribution >= 4 is 17.5 Å². The van der Waals surface area contributed by atoms with E-state index in [0.29, 0.717) is 11.2 Å². The molecule has 0 saturated heterocycles. The smallest absolute Gasteiger partial charge is 0.255 e. The van der Waals surface area contributed by atoms with E-state index in [-0.39, 0.29) is 5.69 Å². The number of fused-ring (bicyclic) bond motifs is 1. The molecule has 2 aromatic rings. The van der Waals surface area contributed by atoms with Gasteiger partial charge in [-0.2, -0.15) is 0 Å². The predicted octanol–water partition coefficient (Wildman–Crippen LogP) is -0.122. The molecule has 57 valence electrons. The van der Waals surface area contributed by atoms with E-state index >= 15 is 0 Å². The predicted molar refractivity (Wildman–Crippen MR) is 39.9 cm³/mol. The van der Waals surface area contributed by atoms with Crippen molar-refractivity contribution in [2.45, 2.75) is 0 Å². The Bertz CT molecular complexity index is 428. The van der Waals surface area contributed by atoms with Gasteiger partial charge in [-0.05, 0) is 0 Å². The largest absolute Gasteiger partial charge is 0.283 e. The lowest BCUT2D eigenvalue weighted by Gasteiger charge is -1.92. The van der Waals surface area contributed by atoms with Gasteiger partial charge in [0.15, 0.2) is 5.65 Å². The highest BCUT2D eigenvalue weighted by molar-refractivity contribution is 5.77. The van der Waals surface area contributed by atoms with Crippen LogP contribution in [0.2, 0.25) is 0 Å². The van der Waals surface area contributed by atoms with Crippen LogP contribution in [0, 0.1) is 0 Å². The standard InChI is InChI=1S/C7H3N4O/c12-3-5-1-9-7-6(11-5)2-8-4-10-7/h1-2,4H. The van der Waals surface area contributed by atoms with Crippen molar-refractivity contribution in [3.63, 3.8) is 0 Å². The fraction of sp³-hybridized carbons (Fsp3) is 0. The van der Waals surface area contributed by atoms with Crippen molar-refractivity contribution in [1.29, 1.82) is 0 Å². The molecule has 0 aliphatic rings. The van der Waals surface area contributed by atoms with Crippen molar-refractivity contribution in [2.24, 2.45) is 0 Å². The summed E-state index contributed by atoms with van der Waals surface area (Å²) in [6, 6.07) is 0. The average molecular weight is 159 g/mol.